The lowest BCUT2D eigenvalue weighted by atomic mass is 10.1. The van der Waals surface area contributed by atoms with Gasteiger partial charge in [0, 0.05) is 39.4 Å². The largest absolute Gasteiger partial charge is 0.357 e. The summed E-state index contributed by atoms with van der Waals surface area (Å²) in [6, 6.07) is 10.8. The first kappa shape index (κ1) is 21.4. The monoisotopic (exact) mass is 483 g/mol. The molecule has 0 amide bonds. The molecule has 1 aromatic heterocycles. The van der Waals surface area contributed by atoms with Gasteiger partial charge in [0.05, 0.1) is 0 Å². The smallest absolute Gasteiger partial charge is 0.191 e. The van der Waals surface area contributed by atoms with Crippen molar-refractivity contribution in [2.75, 3.05) is 31.6 Å². The van der Waals surface area contributed by atoms with Crippen molar-refractivity contribution in [1.82, 2.24) is 15.6 Å². The van der Waals surface area contributed by atoms with Gasteiger partial charge in [-0.2, -0.15) is 0 Å². The molecule has 0 spiro atoms. The maximum atomic E-state index is 13.2. The molecule has 5 nitrogen and oxygen atoms in total. The summed E-state index contributed by atoms with van der Waals surface area (Å²) >= 11 is 0. The van der Waals surface area contributed by atoms with Gasteiger partial charge in [-0.25, -0.2) is 9.37 Å². The molecule has 2 N–H and O–H groups in total. The van der Waals surface area contributed by atoms with Crippen LogP contribution in [0.1, 0.15) is 24.0 Å². The van der Waals surface area contributed by atoms with Crippen molar-refractivity contribution in [3.05, 3.63) is 59.5 Å². The number of anilines is 1. The number of pyridine rings is 1. The van der Waals surface area contributed by atoms with Crippen LogP contribution in [0.5, 0.6) is 0 Å². The number of halogens is 2. The molecule has 0 aliphatic carbocycles. The number of aromatic nitrogens is 1. The maximum Gasteiger partial charge on any atom is 0.191 e. The Balaban J connectivity index is 0.00000261. The highest BCUT2D eigenvalue weighted by Gasteiger charge is 2.13. The first-order valence-corrected chi connectivity index (χ1v) is 9.13. The Kier molecular flexibility index (Phi) is 8.77. The lowest BCUT2D eigenvalue weighted by molar-refractivity contribution is 0.625. The molecule has 1 saturated heterocycles. The Hall–Kier alpha value is -1.90. The van der Waals surface area contributed by atoms with Gasteiger partial charge in [0.25, 0.3) is 0 Å². The molecule has 0 atom stereocenters. The molecule has 3 rings (SSSR count). The number of aliphatic imine (C=N–C) groups is 1. The summed E-state index contributed by atoms with van der Waals surface area (Å²) in [7, 11) is 1.75. The first-order chi connectivity index (χ1) is 12.7. The van der Waals surface area contributed by atoms with E-state index in [1.165, 1.54) is 24.5 Å². The summed E-state index contributed by atoms with van der Waals surface area (Å²) in [5, 5.41) is 6.59. The van der Waals surface area contributed by atoms with Crippen molar-refractivity contribution in [3.63, 3.8) is 0 Å². The van der Waals surface area contributed by atoms with Crippen molar-refractivity contribution in [2.45, 2.75) is 25.8 Å². The van der Waals surface area contributed by atoms with E-state index in [-0.39, 0.29) is 29.8 Å². The number of nitrogens with one attached hydrogen (secondary N) is 2. The van der Waals surface area contributed by atoms with Crippen molar-refractivity contribution in [1.29, 1.82) is 0 Å². The van der Waals surface area contributed by atoms with E-state index in [0.29, 0.717) is 13.1 Å². The van der Waals surface area contributed by atoms with Gasteiger partial charge in [-0.05, 0) is 54.7 Å². The highest BCUT2D eigenvalue weighted by Crippen LogP contribution is 2.18. The topological polar surface area (TPSA) is 52.6 Å². The predicted octanol–water partition coefficient (Wildman–Crippen LogP) is 3.35. The Bertz CT molecular complexity index is 747. The van der Waals surface area contributed by atoms with Crippen molar-refractivity contribution < 1.29 is 4.39 Å². The van der Waals surface area contributed by atoms with E-state index < -0.39 is 0 Å². The van der Waals surface area contributed by atoms with Crippen LogP contribution >= 0.6 is 24.0 Å². The maximum absolute atomic E-state index is 13.2. The third-order valence-corrected chi connectivity index (χ3v) is 4.52. The van der Waals surface area contributed by atoms with Gasteiger partial charge < -0.3 is 15.5 Å². The van der Waals surface area contributed by atoms with Crippen LogP contribution in [0.15, 0.2) is 47.6 Å². The molecule has 1 fully saturated rings. The second-order valence-corrected chi connectivity index (χ2v) is 6.45. The molecule has 2 heterocycles. The summed E-state index contributed by atoms with van der Waals surface area (Å²) in [5.74, 6) is 1.59. The van der Waals surface area contributed by atoms with Crippen molar-refractivity contribution >= 4 is 35.8 Å². The molecule has 1 aliphatic rings. The predicted molar refractivity (Wildman–Crippen MR) is 119 cm³/mol. The molecular formula is C20H27FIN5. The molecule has 7 heteroatoms. The third kappa shape index (κ3) is 6.64. The van der Waals surface area contributed by atoms with Crippen LogP contribution in [0.4, 0.5) is 10.2 Å². The molecule has 2 aromatic rings. The average molecular weight is 483 g/mol. The van der Waals surface area contributed by atoms with E-state index in [0.717, 1.165) is 36.9 Å². The molecule has 0 bridgehead atoms. The van der Waals surface area contributed by atoms with Crippen molar-refractivity contribution in [3.8, 4) is 0 Å². The molecule has 146 valence electrons. The number of hydrogen-bond acceptors (Lipinski definition) is 3. The van der Waals surface area contributed by atoms with Crippen LogP contribution < -0.4 is 15.5 Å². The molecule has 1 aromatic carbocycles. The lowest BCUT2D eigenvalue weighted by Crippen LogP contribution is -2.37. The minimum Gasteiger partial charge on any atom is -0.357 e. The van der Waals surface area contributed by atoms with Gasteiger partial charge in [-0.3, -0.25) is 4.99 Å². The number of rotatable bonds is 6. The van der Waals surface area contributed by atoms with E-state index in [1.807, 2.05) is 18.3 Å². The molecule has 27 heavy (non-hydrogen) atoms. The molecule has 0 saturated carbocycles. The number of guanidine groups is 1. The summed E-state index contributed by atoms with van der Waals surface area (Å²) in [4.78, 5) is 11.1. The fourth-order valence-electron chi connectivity index (χ4n) is 3.11. The lowest BCUT2D eigenvalue weighted by Gasteiger charge is -2.17. The molecule has 1 aliphatic heterocycles. The Morgan fingerprint density at radius 1 is 1.15 bits per heavy atom. The van der Waals surface area contributed by atoms with E-state index in [2.05, 4.69) is 31.6 Å². The summed E-state index contributed by atoms with van der Waals surface area (Å²) in [6.45, 7) is 3.56. The molecule has 0 unspecified atom stereocenters. The minimum atomic E-state index is -0.198. The highest BCUT2D eigenvalue weighted by molar-refractivity contribution is 14.0. The van der Waals surface area contributed by atoms with Crippen LogP contribution in [0, 0.1) is 5.82 Å². The fourth-order valence-corrected chi connectivity index (χ4v) is 3.11. The van der Waals surface area contributed by atoms with Gasteiger partial charge >= 0.3 is 0 Å². The second-order valence-electron chi connectivity index (χ2n) is 6.45. The Morgan fingerprint density at radius 2 is 1.96 bits per heavy atom. The van der Waals surface area contributed by atoms with Crippen LogP contribution in [0.25, 0.3) is 0 Å². The summed E-state index contributed by atoms with van der Waals surface area (Å²) in [5.41, 5.74) is 2.15. The zero-order valence-corrected chi connectivity index (χ0v) is 17.9. The number of benzene rings is 1. The van der Waals surface area contributed by atoms with E-state index in [4.69, 9.17) is 0 Å². The van der Waals surface area contributed by atoms with Gasteiger partial charge in [0.1, 0.15) is 11.6 Å². The quantitative estimate of drug-likeness (QED) is 0.376. The van der Waals surface area contributed by atoms with Crippen molar-refractivity contribution in [2.24, 2.45) is 4.99 Å². The van der Waals surface area contributed by atoms with Gasteiger partial charge in [0.2, 0.25) is 0 Å². The Labute approximate surface area is 177 Å². The SMILES string of the molecule is CN=C(NCCc1cccc(F)c1)NCc1ccnc(N2CCCC2)c1.I. The number of hydrogen-bond donors (Lipinski definition) is 2. The van der Waals surface area contributed by atoms with Crippen LogP contribution in [0.2, 0.25) is 0 Å². The van der Waals surface area contributed by atoms with Gasteiger partial charge in [0.15, 0.2) is 5.96 Å². The standard InChI is InChI=1S/C20H26FN5.HI/c1-22-20(24-10-7-16-5-4-6-18(21)13-16)25-15-17-8-9-23-19(14-17)26-11-2-3-12-26;/h4-6,8-9,13-14H,2-3,7,10-12,15H2,1H3,(H2,22,24,25);1H. The number of nitrogens with zero attached hydrogens (tertiary/aromatic N) is 3. The van der Waals surface area contributed by atoms with Gasteiger partial charge in [-0.15, -0.1) is 24.0 Å². The molecule has 0 radical (unpaired) electrons. The first-order valence-electron chi connectivity index (χ1n) is 9.13. The van der Waals surface area contributed by atoms with E-state index >= 15 is 0 Å². The minimum absolute atomic E-state index is 0. The fraction of sp³-hybridized carbons (Fsp3) is 0.400. The normalized spacial score (nSPS) is 14.0. The average Bonchev–Trinajstić information content (AvgIpc) is 3.20. The Morgan fingerprint density at radius 3 is 2.70 bits per heavy atom. The van der Waals surface area contributed by atoms with E-state index in [9.17, 15) is 4.39 Å². The third-order valence-electron chi connectivity index (χ3n) is 4.52. The van der Waals surface area contributed by atoms with E-state index in [1.54, 1.807) is 19.2 Å². The zero-order valence-electron chi connectivity index (χ0n) is 15.6. The molecular weight excluding hydrogens is 456 g/mol. The van der Waals surface area contributed by atoms with Gasteiger partial charge in [-0.1, -0.05) is 12.1 Å². The van der Waals surface area contributed by atoms with Crippen LogP contribution in [0.3, 0.4) is 0 Å². The summed E-state index contributed by atoms with van der Waals surface area (Å²) in [6.07, 6.45) is 5.09. The summed E-state index contributed by atoms with van der Waals surface area (Å²) < 4.78 is 13.2. The highest BCUT2D eigenvalue weighted by atomic mass is 127. The zero-order chi connectivity index (χ0) is 18.2. The van der Waals surface area contributed by atoms with Crippen LogP contribution in [-0.4, -0.2) is 37.6 Å². The second kappa shape index (κ2) is 11.1. The van der Waals surface area contributed by atoms with Crippen LogP contribution in [-0.2, 0) is 13.0 Å².